The fourth-order valence-electron chi connectivity index (χ4n) is 1.98. The van der Waals surface area contributed by atoms with Crippen molar-refractivity contribution in [3.05, 3.63) is 54.1 Å². The first kappa shape index (κ1) is 20.1. The van der Waals surface area contributed by atoms with E-state index in [4.69, 9.17) is 14.2 Å². The van der Waals surface area contributed by atoms with Crippen molar-refractivity contribution in [3.63, 3.8) is 0 Å². The van der Waals surface area contributed by atoms with Crippen LogP contribution < -0.4 is 15.4 Å². The van der Waals surface area contributed by atoms with Gasteiger partial charge in [0.1, 0.15) is 12.4 Å². The van der Waals surface area contributed by atoms with E-state index in [9.17, 15) is 18.4 Å². The molecule has 0 aromatic heterocycles. The molecule has 0 atom stereocenters. The summed E-state index contributed by atoms with van der Waals surface area (Å²) in [5.74, 6) is -2.44. The van der Waals surface area contributed by atoms with Crippen molar-refractivity contribution in [2.75, 3.05) is 37.6 Å². The van der Waals surface area contributed by atoms with E-state index in [1.807, 2.05) is 0 Å². The highest BCUT2D eigenvalue weighted by atomic mass is 19.1. The van der Waals surface area contributed by atoms with E-state index in [1.165, 1.54) is 13.2 Å². The first-order valence-corrected chi connectivity index (χ1v) is 7.88. The molecule has 2 aromatic rings. The molecule has 2 rings (SSSR count). The van der Waals surface area contributed by atoms with Gasteiger partial charge in [0.25, 0.3) is 5.91 Å². The van der Waals surface area contributed by atoms with Crippen LogP contribution in [0.1, 0.15) is 0 Å². The second-order valence-corrected chi connectivity index (χ2v) is 5.25. The van der Waals surface area contributed by atoms with Crippen LogP contribution in [-0.2, 0) is 14.3 Å². The lowest BCUT2D eigenvalue weighted by Gasteiger charge is -2.10. The summed E-state index contributed by atoms with van der Waals surface area (Å²) in [6, 6.07) is 9.10. The number of hydrogen-bond acceptors (Lipinski definition) is 5. The standard InChI is InChI=1S/C18H18F2N2O5/c1-25-7-8-26-18(24)22-14-4-2-3-13(10-14)21-17(23)11-27-16-6-5-12(19)9-15(16)20/h2-6,9-10H,7-8,11H2,1H3,(H,21,23)(H,22,24). The minimum atomic E-state index is -0.902. The van der Waals surface area contributed by atoms with Gasteiger partial charge in [-0.15, -0.1) is 0 Å². The van der Waals surface area contributed by atoms with Crippen molar-refractivity contribution in [1.29, 1.82) is 0 Å². The summed E-state index contributed by atoms with van der Waals surface area (Å²) in [6.07, 6.45) is -0.661. The molecule has 0 unspecified atom stereocenters. The highest BCUT2D eigenvalue weighted by molar-refractivity contribution is 5.93. The number of hydrogen-bond donors (Lipinski definition) is 2. The fourth-order valence-corrected chi connectivity index (χ4v) is 1.98. The number of amides is 2. The van der Waals surface area contributed by atoms with Gasteiger partial charge >= 0.3 is 6.09 Å². The second-order valence-electron chi connectivity index (χ2n) is 5.25. The minimum absolute atomic E-state index is 0.107. The number of methoxy groups -OCH3 is 1. The molecule has 7 nitrogen and oxygen atoms in total. The smallest absolute Gasteiger partial charge is 0.411 e. The monoisotopic (exact) mass is 380 g/mol. The summed E-state index contributed by atoms with van der Waals surface area (Å²) >= 11 is 0. The maximum absolute atomic E-state index is 13.5. The van der Waals surface area contributed by atoms with E-state index >= 15 is 0 Å². The summed E-state index contributed by atoms with van der Waals surface area (Å²) in [5.41, 5.74) is 0.790. The molecular formula is C18H18F2N2O5. The third-order valence-electron chi connectivity index (χ3n) is 3.17. The maximum Gasteiger partial charge on any atom is 0.411 e. The number of carbonyl (C=O) groups is 2. The number of halogens is 2. The van der Waals surface area contributed by atoms with Gasteiger partial charge in [-0.1, -0.05) is 6.07 Å². The van der Waals surface area contributed by atoms with Crippen LogP contribution in [0.25, 0.3) is 0 Å². The summed E-state index contributed by atoms with van der Waals surface area (Å²) in [7, 11) is 1.49. The van der Waals surface area contributed by atoms with Crippen LogP contribution in [0, 0.1) is 11.6 Å². The van der Waals surface area contributed by atoms with E-state index in [2.05, 4.69) is 10.6 Å². The lowest BCUT2D eigenvalue weighted by atomic mass is 10.2. The molecule has 9 heteroatoms. The van der Waals surface area contributed by atoms with Gasteiger partial charge < -0.3 is 19.5 Å². The number of anilines is 2. The largest absolute Gasteiger partial charge is 0.481 e. The van der Waals surface area contributed by atoms with Crippen LogP contribution >= 0.6 is 0 Å². The highest BCUT2D eigenvalue weighted by Crippen LogP contribution is 2.18. The van der Waals surface area contributed by atoms with Crippen molar-refractivity contribution in [2.24, 2.45) is 0 Å². The van der Waals surface area contributed by atoms with Gasteiger partial charge in [0.05, 0.1) is 6.61 Å². The zero-order valence-electron chi connectivity index (χ0n) is 14.5. The molecule has 0 aliphatic rings. The zero-order valence-corrected chi connectivity index (χ0v) is 14.5. The van der Waals surface area contributed by atoms with E-state index < -0.39 is 30.2 Å². The highest BCUT2D eigenvalue weighted by Gasteiger charge is 2.09. The molecule has 0 heterocycles. The number of rotatable bonds is 8. The lowest BCUT2D eigenvalue weighted by molar-refractivity contribution is -0.118. The Bertz CT molecular complexity index is 801. The first-order chi connectivity index (χ1) is 13.0. The maximum atomic E-state index is 13.5. The molecular weight excluding hydrogens is 362 g/mol. The van der Waals surface area contributed by atoms with Gasteiger partial charge in [-0.2, -0.15) is 0 Å². The summed E-state index contributed by atoms with van der Waals surface area (Å²) < 4.78 is 40.9. The fraction of sp³-hybridized carbons (Fsp3) is 0.222. The topological polar surface area (TPSA) is 85.9 Å². The quantitative estimate of drug-likeness (QED) is 0.687. The van der Waals surface area contributed by atoms with E-state index in [0.717, 1.165) is 12.1 Å². The van der Waals surface area contributed by atoms with Crippen LogP contribution in [0.4, 0.5) is 25.0 Å². The molecule has 2 N–H and O–H groups in total. The van der Waals surface area contributed by atoms with Gasteiger partial charge in [-0.05, 0) is 30.3 Å². The predicted molar refractivity (Wildman–Crippen MR) is 93.8 cm³/mol. The number of carbonyl (C=O) groups excluding carboxylic acids is 2. The van der Waals surface area contributed by atoms with Gasteiger partial charge in [0, 0.05) is 24.6 Å². The van der Waals surface area contributed by atoms with Crippen LogP contribution in [0.15, 0.2) is 42.5 Å². The Morgan fingerprint density at radius 3 is 2.44 bits per heavy atom. The Balaban J connectivity index is 1.85. The van der Waals surface area contributed by atoms with Crippen LogP contribution in [0.3, 0.4) is 0 Å². The molecule has 0 aliphatic heterocycles. The van der Waals surface area contributed by atoms with Gasteiger partial charge in [0.2, 0.25) is 0 Å². The molecule has 0 saturated carbocycles. The minimum Gasteiger partial charge on any atom is -0.481 e. The summed E-state index contributed by atoms with van der Waals surface area (Å²) in [5, 5.41) is 5.04. The second kappa shape index (κ2) is 10.1. The molecule has 2 amide bonds. The Morgan fingerprint density at radius 1 is 1.00 bits per heavy atom. The molecule has 0 saturated heterocycles. The van der Waals surface area contributed by atoms with Crippen molar-refractivity contribution >= 4 is 23.4 Å². The molecule has 0 aliphatic carbocycles. The van der Waals surface area contributed by atoms with Gasteiger partial charge in [-0.25, -0.2) is 13.6 Å². The number of nitrogens with one attached hydrogen (secondary N) is 2. The molecule has 27 heavy (non-hydrogen) atoms. The molecule has 0 spiro atoms. The zero-order chi connectivity index (χ0) is 19.6. The molecule has 0 radical (unpaired) electrons. The normalized spacial score (nSPS) is 10.2. The Morgan fingerprint density at radius 2 is 1.74 bits per heavy atom. The third kappa shape index (κ3) is 6.90. The molecule has 0 bridgehead atoms. The molecule has 144 valence electrons. The van der Waals surface area contributed by atoms with E-state index in [-0.39, 0.29) is 19.0 Å². The Kier molecular flexibility index (Phi) is 7.50. The average Bonchev–Trinajstić information content (AvgIpc) is 2.61. The SMILES string of the molecule is COCCOC(=O)Nc1cccc(NC(=O)COc2ccc(F)cc2F)c1. The summed E-state index contributed by atoms with van der Waals surface area (Å²) in [6.45, 7) is -0.0898. The Hall–Kier alpha value is -3.20. The number of benzene rings is 2. The van der Waals surface area contributed by atoms with Crippen LogP contribution in [0.5, 0.6) is 5.75 Å². The van der Waals surface area contributed by atoms with Crippen molar-refractivity contribution in [3.8, 4) is 5.75 Å². The third-order valence-corrected chi connectivity index (χ3v) is 3.17. The molecule has 2 aromatic carbocycles. The lowest BCUT2D eigenvalue weighted by Crippen LogP contribution is -2.21. The van der Waals surface area contributed by atoms with Crippen LogP contribution in [0.2, 0.25) is 0 Å². The van der Waals surface area contributed by atoms with E-state index in [0.29, 0.717) is 17.4 Å². The first-order valence-electron chi connectivity index (χ1n) is 7.88. The van der Waals surface area contributed by atoms with Gasteiger partial charge in [0.15, 0.2) is 18.2 Å². The van der Waals surface area contributed by atoms with Crippen molar-refractivity contribution < 1.29 is 32.6 Å². The molecule has 0 fully saturated rings. The van der Waals surface area contributed by atoms with Crippen LogP contribution in [-0.4, -0.2) is 38.9 Å². The Labute approximate surface area is 154 Å². The van der Waals surface area contributed by atoms with Crippen molar-refractivity contribution in [2.45, 2.75) is 0 Å². The van der Waals surface area contributed by atoms with Crippen molar-refractivity contribution in [1.82, 2.24) is 0 Å². The van der Waals surface area contributed by atoms with E-state index in [1.54, 1.807) is 18.2 Å². The van der Waals surface area contributed by atoms with Gasteiger partial charge in [-0.3, -0.25) is 10.1 Å². The predicted octanol–water partition coefficient (Wildman–Crippen LogP) is 3.18. The number of ether oxygens (including phenoxy) is 3. The summed E-state index contributed by atoms with van der Waals surface area (Å²) in [4.78, 5) is 23.5. The average molecular weight is 380 g/mol.